The summed E-state index contributed by atoms with van der Waals surface area (Å²) in [6.07, 6.45) is 3.19. The summed E-state index contributed by atoms with van der Waals surface area (Å²) >= 11 is 3.49. The van der Waals surface area contributed by atoms with Crippen LogP contribution in [0.25, 0.3) is 0 Å². The first-order valence-corrected chi connectivity index (χ1v) is 7.86. The monoisotopic (exact) mass is 373 g/mol. The molecule has 1 aromatic heterocycles. The lowest BCUT2D eigenvalue weighted by Gasteiger charge is -2.15. The van der Waals surface area contributed by atoms with Gasteiger partial charge in [-0.2, -0.15) is 5.10 Å². The van der Waals surface area contributed by atoms with Gasteiger partial charge in [-0.3, -0.25) is 0 Å². The van der Waals surface area contributed by atoms with Crippen LogP contribution >= 0.6 is 15.9 Å². The number of rotatable bonds is 6. The van der Waals surface area contributed by atoms with Crippen molar-refractivity contribution >= 4 is 27.3 Å². The summed E-state index contributed by atoms with van der Waals surface area (Å²) in [4.78, 5) is 9.76. The summed E-state index contributed by atoms with van der Waals surface area (Å²) in [6.45, 7) is 0.574. The molecule has 3 rings (SSSR count). The Bertz CT molecular complexity index is 776. The quantitative estimate of drug-likeness (QED) is 0.647. The summed E-state index contributed by atoms with van der Waals surface area (Å²) in [5.74, 6) is 0.731. The number of hydrogen-bond donors (Lipinski definition) is 2. The summed E-state index contributed by atoms with van der Waals surface area (Å²) < 4.78 is 2.73. The van der Waals surface area contributed by atoms with E-state index >= 15 is 0 Å². The van der Waals surface area contributed by atoms with Crippen molar-refractivity contribution in [3.63, 3.8) is 0 Å². The second-order valence-corrected chi connectivity index (χ2v) is 5.76. The van der Waals surface area contributed by atoms with E-state index in [1.807, 2.05) is 49.5 Å². The highest BCUT2D eigenvalue weighted by Crippen LogP contribution is 2.26. The van der Waals surface area contributed by atoms with Gasteiger partial charge in [0.2, 0.25) is 0 Å². The fourth-order valence-corrected chi connectivity index (χ4v) is 2.57. The Morgan fingerprint density at radius 1 is 1.17 bits per heavy atom. The Morgan fingerprint density at radius 2 is 2.00 bits per heavy atom. The predicted molar refractivity (Wildman–Crippen MR) is 93.5 cm³/mol. The second-order valence-electron chi connectivity index (χ2n) is 4.84. The maximum atomic E-state index is 5.80. The molecule has 0 fully saturated rings. The molecule has 1 heterocycles. The lowest BCUT2D eigenvalue weighted by molar-refractivity contribution is 0.398. The molecule has 0 saturated carbocycles. The average molecular weight is 374 g/mol. The van der Waals surface area contributed by atoms with Gasteiger partial charge in [0.05, 0.1) is 17.9 Å². The first-order valence-electron chi connectivity index (χ1n) is 7.07. The normalized spacial score (nSPS) is 10.3. The van der Waals surface area contributed by atoms with Crippen molar-refractivity contribution in [1.82, 2.24) is 14.8 Å². The van der Waals surface area contributed by atoms with Crippen LogP contribution in [0.5, 0.6) is 5.75 Å². The van der Waals surface area contributed by atoms with Crippen LogP contribution in [0.4, 0.5) is 11.4 Å². The first kappa shape index (κ1) is 15.4. The van der Waals surface area contributed by atoms with Crippen LogP contribution in [0.2, 0.25) is 0 Å². The van der Waals surface area contributed by atoms with Gasteiger partial charge in [-0.15, -0.1) is 0 Å². The van der Waals surface area contributed by atoms with Gasteiger partial charge in [0.25, 0.3) is 0 Å². The minimum Gasteiger partial charge on any atom is -0.386 e. The van der Waals surface area contributed by atoms with Gasteiger partial charge in [0.15, 0.2) is 5.75 Å². The van der Waals surface area contributed by atoms with E-state index in [-0.39, 0.29) is 0 Å². The molecule has 3 aromatic rings. The standard InChI is InChI=1S/C16H16BrN5O/c1-18-14-4-2-3-5-15(14)21-23-16-7-6-13(17)8-12(16)9-22-11-19-10-20-22/h2-8,10-11,18,21H,9H2,1H3. The zero-order chi connectivity index (χ0) is 16.1. The van der Waals surface area contributed by atoms with E-state index in [1.54, 1.807) is 11.0 Å². The van der Waals surface area contributed by atoms with Gasteiger partial charge in [-0.25, -0.2) is 15.1 Å². The summed E-state index contributed by atoms with van der Waals surface area (Å²) in [5.41, 5.74) is 5.81. The van der Waals surface area contributed by atoms with Crippen LogP contribution in [-0.2, 0) is 6.54 Å². The fourth-order valence-electron chi connectivity index (χ4n) is 2.16. The summed E-state index contributed by atoms with van der Waals surface area (Å²) in [6, 6.07) is 13.7. The third kappa shape index (κ3) is 3.81. The molecule has 2 N–H and O–H groups in total. The molecule has 2 aromatic carbocycles. The highest BCUT2D eigenvalue weighted by molar-refractivity contribution is 9.10. The van der Waals surface area contributed by atoms with Gasteiger partial charge >= 0.3 is 0 Å². The summed E-state index contributed by atoms with van der Waals surface area (Å²) in [7, 11) is 1.87. The molecule has 0 aliphatic rings. The molecular formula is C16H16BrN5O. The van der Waals surface area contributed by atoms with Crippen LogP contribution in [0.3, 0.4) is 0 Å². The maximum absolute atomic E-state index is 5.80. The molecule has 23 heavy (non-hydrogen) atoms. The minimum atomic E-state index is 0.574. The Kier molecular flexibility index (Phi) is 4.77. The molecule has 0 radical (unpaired) electrons. The van der Waals surface area contributed by atoms with Gasteiger partial charge in [-0.05, 0) is 30.3 Å². The van der Waals surface area contributed by atoms with Crippen LogP contribution in [0.15, 0.2) is 59.6 Å². The maximum Gasteiger partial charge on any atom is 0.160 e. The SMILES string of the molecule is CNc1ccccc1NOc1ccc(Br)cc1Cn1cncn1. The van der Waals surface area contributed by atoms with Gasteiger partial charge in [0.1, 0.15) is 12.7 Å². The average Bonchev–Trinajstić information content (AvgIpc) is 3.07. The molecule has 0 bridgehead atoms. The van der Waals surface area contributed by atoms with E-state index in [4.69, 9.17) is 4.84 Å². The Hall–Kier alpha value is -2.54. The fraction of sp³-hybridized carbons (Fsp3) is 0.125. The number of anilines is 2. The number of hydrogen-bond acceptors (Lipinski definition) is 5. The zero-order valence-corrected chi connectivity index (χ0v) is 14.1. The third-order valence-electron chi connectivity index (χ3n) is 3.29. The molecule has 0 spiro atoms. The largest absolute Gasteiger partial charge is 0.386 e. The van der Waals surface area contributed by atoms with E-state index in [2.05, 4.69) is 36.8 Å². The van der Waals surface area contributed by atoms with Crippen LogP contribution in [0, 0.1) is 0 Å². The number of nitrogens with one attached hydrogen (secondary N) is 2. The lowest BCUT2D eigenvalue weighted by Crippen LogP contribution is -2.10. The van der Waals surface area contributed by atoms with E-state index in [0.717, 1.165) is 27.2 Å². The van der Waals surface area contributed by atoms with E-state index in [0.29, 0.717) is 6.54 Å². The Balaban J connectivity index is 1.79. The molecule has 0 aliphatic heterocycles. The van der Waals surface area contributed by atoms with Crippen molar-refractivity contribution in [1.29, 1.82) is 0 Å². The molecule has 0 amide bonds. The highest BCUT2D eigenvalue weighted by atomic mass is 79.9. The van der Waals surface area contributed by atoms with Crippen LogP contribution < -0.4 is 15.6 Å². The van der Waals surface area contributed by atoms with Crippen molar-refractivity contribution < 1.29 is 4.84 Å². The van der Waals surface area contributed by atoms with E-state index in [9.17, 15) is 0 Å². The molecule has 118 valence electrons. The predicted octanol–water partition coefficient (Wildman–Crippen LogP) is 3.54. The minimum absolute atomic E-state index is 0.574. The van der Waals surface area contributed by atoms with Crippen molar-refractivity contribution in [2.45, 2.75) is 6.54 Å². The lowest BCUT2D eigenvalue weighted by atomic mass is 10.2. The van der Waals surface area contributed by atoms with Crippen molar-refractivity contribution in [3.05, 3.63) is 65.2 Å². The molecule has 0 saturated heterocycles. The Morgan fingerprint density at radius 3 is 2.74 bits per heavy atom. The van der Waals surface area contributed by atoms with Gasteiger partial charge in [0, 0.05) is 17.1 Å². The summed E-state index contributed by atoms with van der Waals surface area (Å²) in [5, 5.41) is 7.25. The zero-order valence-electron chi connectivity index (χ0n) is 12.5. The van der Waals surface area contributed by atoms with Crippen molar-refractivity contribution in [2.24, 2.45) is 0 Å². The van der Waals surface area contributed by atoms with E-state index < -0.39 is 0 Å². The van der Waals surface area contributed by atoms with Gasteiger partial charge in [-0.1, -0.05) is 28.1 Å². The van der Waals surface area contributed by atoms with E-state index in [1.165, 1.54) is 6.33 Å². The number of nitrogens with zero attached hydrogens (tertiary/aromatic N) is 3. The molecule has 0 unspecified atom stereocenters. The highest BCUT2D eigenvalue weighted by Gasteiger charge is 2.08. The van der Waals surface area contributed by atoms with Crippen molar-refractivity contribution in [3.8, 4) is 5.75 Å². The third-order valence-corrected chi connectivity index (χ3v) is 3.78. The second kappa shape index (κ2) is 7.15. The van der Waals surface area contributed by atoms with Gasteiger partial charge < -0.3 is 10.2 Å². The van der Waals surface area contributed by atoms with Crippen LogP contribution in [0.1, 0.15) is 5.56 Å². The smallest absolute Gasteiger partial charge is 0.160 e. The number of aromatic nitrogens is 3. The molecule has 0 aliphatic carbocycles. The van der Waals surface area contributed by atoms with Crippen molar-refractivity contribution in [2.75, 3.05) is 17.8 Å². The number of benzene rings is 2. The topological polar surface area (TPSA) is 64.0 Å². The molecule has 0 atom stereocenters. The first-order chi connectivity index (χ1) is 11.3. The number of halogens is 1. The number of para-hydroxylation sites is 2. The molecule has 7 heteroatoms. The van der Waals surface area contributed by atoms with Crippen LogP contribution in [-0.4, -0.2) is 21.8 Å². The molecule has 6 nitrogen and oxygen atoms in total. The Labute approximate surface area is 142 Å². The molecular weight excluding hydrogens is 358 g/mol.